The van der Waals surface area contributed by atoms with E-state index >= 15 is 0 Å². The standard InChI is InChI=1S/C11H17N3O6/c12-2-4-13-7(16)1-3-14(11(13)19)10-9(18)8(17)6(5-15)20-10/h1,3,6,8-10,15,17-18H,2,4-5,12H2. The zero-order chi connectivity index (χ0) is 14.9. The maximum atomic E-state index is 12.1. The van der Waals surface area contributed by atoms with E-state index in [4.69, 9.17) is 15.6 Å². The summed E-state index contributed by atoms with van der Waals surface area (Å²) in [7, 11) is 0. The SMILES string of the molecule is NCCn1c(=O)ccn(C2OC(CO)C(O)C2O)c1=O. The van der Waals surface area contributed by atoms with E-state index in [1.807, 2.05) is 0 Å². The smallest absolute Gasteiger partial charge is 0.333 e. The molecule has 1 fully saturated rings. The summed E-state index contributed by atoms with van der Waals surface area (Å²) in [5.74, 6) is 0. The molecule has 0 amide bonds. The van der Waals surface area contributed by atoms with Crippen LogP contribution in [-0.4, -0.2) is 55.9 Å². The first-order valence-electron chi connectivity index (χ1n) is 6.15. The number of rotatable bonds is 4. The summed E-state index contributed by atoms with van der Waals surface area (Å²) in [5.41, 5.74) is 4.13. The first kappa shape index (κ1) is 14.9. The van der Waals surface area contributed by atoms with Crippen LogP contribution in [-0.2, 0) is 11.3 Å². The summed E-state index contributed by atoms with van der Waals surface area (Å²) in [4.78, 5) is 23.7. The highest BCUT2D eigenvalue weighted by molar-refractivity contribution is 4.94. The fourth-order valence-electron chi connectivity index (χ4n) is 2.17. The van der Waals surface area contributed by atoms with Gasteiger partial charge in [0.05, 0.1) is 6.61 Å². The summed E-state index contributed by atoms with van der Waals surface area (Å²) in [6.07, 6.45) is -3.67. The fourth-order valence-corrected chi connectivity index (χ4v) is 2.17. The third kappa shape index (κ3) is 2.41. The van der Waals surface area contributed by atoms with Crippen LogP contribution in [0.1, 0.15) is 6.23 Å². The molecule has 1 aliphatic rings. The Morgan fingerprint density at radius 2 is 2.00 bits per heavy atom. The average molecular weight is 287 g/mol. The average Bonchev–Trinajstić information content (AvgIpc) is 2.71. The number of nitrogens with two attached hydrogens (primary N) is 1. The second-order valence-corrected chi connectivity index (χ2v) is 4.51. The molecule has 1 saturated heterocycles. The molecule has 0 saturated carbocycles. The Balaban J connectivity index is 2.42. The van der Waals surface area contributed by atoms with Crippen LogP contribution < -0.4 is 17.0 Å². The van der Waals surface area contributed by atoms with Crippen molar-refractivity contribution < 1.29 is 20.1 Å². The first-order chi connectivity index (χ1) is 9.51. The van der Waals surface area contributed by atoms with Crippen LogP contribution >= 0.6 is 0 Å². The molecule has 4 atom stereocenters. The van der Waals surface area contributed by atoms with Gasteiger partial charge in [-0.25, -0.2) is 4.79 Å². The van der Waals surface area contributed by atoms with Crippen molar-refractivity contribution in [3.8, 4) is 0 Å². The maximum Gasteiger partial charge on any atom is 0.333 e. The van der Waals surface area contributed by atoms with Gasteiger partial charge in [0, 0.05) is 25.4 Å². The molecule has 1 aliphatic heterocycles. The monoisotopic (exact) mass is 287 g/mol. The van der Waals surface area contributed by atoms with E-state index in [2.05, 4.69) is 0 Å². The number of nitrogens with zero attached hydrogens (tertiary/aromatic N) is 2. The quantitative estimate of drug-likeness (QED) is 0.452. The lowest BCUT2D eigenvalue weighted by molar-refractivity contribution is -0.0556. The molecule has 1 aromatic heterocycles. The number of hydrogen-bond donors (Lipinski definition) is 4. The third-order valence-corrected chi connectivity index (χ3v) is 3.24. The minimum absolute atomic E-state index is 0.0350. The Labute approximate surface area is 113 Å². The molecule has 2 rings (SSSR count). The van der Waals surface area contributed by atoms with Gasteiger partial charge in [-0.1, -0.05) is 0 Å². The van der Waals surface area contributed by atoms with Crippen LogP contribution in [0.15, 0.2) is 21.9 Å². The van der Waals surface area contributed by atoms with Crippen molar-refractivity contribution in [2.75, 3.05) is 13.2 Å². The highest BCUT2D eigenvalue weighted by Gasteiger charge is 2.43. The normalized spacial score (nSPS) is 29.8. The summed E-state index contributed by atoms with van der Waals surface area (Å²) in [6.45, 7) is -0.353. The number of ether oxygens (including phenoxy) is 1. The minimum Gasteiger partial charge on any atom is -0.394 e. The van der Waals surface area contributed by atoms with Gasteiger partial charge in [0.25, 0.3) is 5.56 Å². The van der Waals surface area contributed by atoms with Gasteiger partial charge in [-0.15, -0.1) is 0 Å². The highest BCUT2D eigenvalue weighted by Crippen LogP contribution is 2.27. The number of aliphatic hydroxyl groups excluding tert-OH is 3. The third-order valence-electron chi connectivity index (χ3n) is 3.24. The molecule has 9 nitrogen and oxygen atoms in total. The van der Waals surface area contributed by atoms with Crippen LogP contribution in [0.2, 0.25) is 0 Å². The lowest BCUT2D eigenvalue weighted by Crippen LogP contribution is -2.44. The van der Waals surface area contributed by atoms with Gasteiger partial charge in [0.15, 0.2) is 6.23 Å². The van der Waals surface area contributed by atoms with Gasteiger partial charge in [-0.2, -0.15) is 0 Å². The van der Waals surface area contributed by atoms with Crippen molar-refractivity contribution >= 4 is 0 Å². The number of aliphatic hydroxyl groups is 3. The summed E-state index contributed by atoms with van der Waals surface area (Å²) in [6, 6.07) is 1.14. The highest BCUT2D eigenvalue weighted by atomic mass is 16.6. The second kappa shape index (κ2) is 5.85. The second-order valence-electron chi connectivity index (χ2n) is 4.51. The number of aromatic nitrogens is 2. The number of hydrogen-bond acceptors (Lipinski definition) is 7. The maximum absolute atomic E-state index is 12.1. The van der Waals surface area contributed by atoms with Crippen LogP contribution in [0.3, 0.4) is 0 Å². The topological polar surface area (TPSA) is 140 Å². The van der Waals surface area contributed by atoms with Crippen LogP contribution in [0.5, 0.6) is 0 Å². The Hall–Kier alpha value is -1.52. The molecule has 0 radical (unpaired) electrons. The largest absolute Gasteiger partial charge is 0.394 e. The predicted molar refractivity (Wildman–Crippen MR) is 67.0 cm³/mol. The van der Waals surface area contributed by atoms with E-state index in [1.54, 1.807) is 0 Å². The minimum atomic E-state index is -1.38. The molecular formula is C11H17N3O6. The van der Waals surface area contributed by atoms with Crippen molar-refractivity contribution in [3.63, 3.8) is 0 Å². The lowest BCUT2D eigenvalue weighted by Gasteiger charge is -2.18. The molecule has 0 aromatic carbocycles. The van der Waals surface area contributed by atoms with Crippen LogP contribution in [0.25, 0.3) is 0 Å². The summed E-state index contributed by atoms with van der Waals surface area (Å²) >= 11 is 0. The van der Waals surface area contributed by atoms with Crippen LogP contribution in [0, 0.1) is 0 Å². The molecule has 0 bridgehead atoms. The summed E-state index contributed by atoms with van der Waals surface area (Å²) < 4.78 is 7.15. The molecule has 1 aromatic rings. The van der Waals surface area contributed by atoms with Crippen molar-refractivity contribution in [1.82, 2.24) is 9.13 Å². The molecule has 2 heterocycles. The fraction of sp³-hybridized carbons (Fsp3) is 0.636. The van der Waals surface area contributed by atoms with Gasteiger partial charge < -0.3 is 25.8 Å². The van der Waals surface area contributed by atoms with E-state index in [9.17, 15) is 19.8 Å². The van der Waals surface area contributed by atoms with Crippen molar-refractivity contribution in [3.05, 3.63) is 33.1 Å². The molecule has 20 heavy (non-hydrogen) atoms. The molecule has 112 valence electrons. The molecule has 0 aliphatic carbocycles. The van der Waals surface area contributed by atoms with Gasteiger partial charge in [-0.05, 0) is 0 Å². The van der Waals surface area contributed by atoms with Gasteiger partial charge in [0.2, 0.25) is 0 Å². The molecule has 4 unspecified atom stereocenters. The van der Waals surface area contributed by atoms with E-state index in [0.717, 1.165) is 15.2 Å². The molecule has 9 heteroatoms. The molecule has 0 spiro atoms. The first-order valence-corrected chi connectivity index (χ1v) is 6.15. The van der Waals surface area contributed by atoms with Gasteiger partial charge >= 0.3 is 5.69 Å². The van der Waals surface area contributed by atoms with E-state index < -0.39 is 42.4 Å². The Morgan fingerprint density at radius 1 is 1.30 bits per heavy atom. The van der Waals surface area contributed by atoms with Crippen molar-refractivity contribution in [2.24, 2.45) is 5.73 Å². The Bertz CT molecular complexity index is 582. The molecular weight excluding hydrogens is 270 g/mol. The van der Waals surface area contributed by atoms with Crippen LogP contribution in [0.4, 0.5) is 0 Å². The van der Waals surface area contributed by atoms with Crippen molar-refractivity contribution in [2.45, 2.75) is 31.1 Å². The lowest BCUT2D eigenvalue weighted by atomic mass is 10.1. The summed E-state index contributed by atoms with van der Waals surface area (Å²) in [5, 5.41) is 28.6. The van der Waals surface area contributed by atoms with Gasteiger partial charge in [-0.3, -0.25) is 13.9 Å². The van der Waals surface area contributed by atoms with Gasteiger partial charge in [0.1, 0.15) is 18.3 Å². The van der Waals surface area contributed by atoms with Crippen molar-refractivity contribution in [1.29, 1.82) is 0 Å². The zero-order valence-corrected chi connectivity index (χ0v) is 10.6. The Kier molecular flexibility index (Phi) is 4.35. The zero-order valence-electron chi connectivity index (χ0n) is 10.6. The Morgan fingerprint density at radius 3 is 2.55 bits per heavy atom. The van der Waals surface area contributed by atoms with E-state index in [-0.39, 0.29) is 13.1 Å². The molecule has 5 N–H and O–H groups in total. The predicted octanol–water partition coefficient (Wildman–Crippen LogP) is -3.42. The van der Waals surface area contributed by atoms with E-state index in [0.29, 0.717) is 0 Å². The van der Waals surface area contributed by atoms with E-state index in [1.165, 1.54) is 6.20 Å².